The van der Waals surface area contributed by atoms with E-state index >= 15 is 0 Å². The second-order valence-corrected chi connectivity index (χ2v) is 5.92. The van der Waals surface area contributed by atoms with E-state index in [-0.39, 0.29) is 36.4 Å². The number of rotatable bonds is 8. The minimum Gasteiger partial charge on any atom is -0.508 e. The summed E-state index contributed by atoms with van der Waals surface area (Å²) < 4.78 is 10.4. The number of carbonyl (C=O) groups excluding carboxylic acids is 3. The highest BCUT2D eigenvalue weighted by Crippen LogP contribution is 2.17. The first kappa shape index (κ1) is 20.8. The fourth-order valence-electron chi connectivity index (χ4n) is 2.26. The third-order valence-corrected chi connectivity index (χ3v) is 3.59. The topological polar surface area (TPSA) is 114 Å². The number of amides is 2. The maximum atomic E-state index is 12.1. The zero-order chi connectivity index (χ0) is 20.5. The van der Waals surface area contributed by atoms with Gasteiger partial charge in [0.25, 0.3) is 11.8 Å². The Morgan fingerprint density at radius 3 is 2.36 bits per heavy atom. The second kappa shape index (κ2) is 9.96. The number of benzene rings is 2. The summed E-state index contributed by atoms with van der Waals surface area (Å²) in [5.74, 6) is -0.298. The van der Waals surface area contributed by atoms with E-state index in [9.17, 15) is 19.5 Å². The highest BCUT2D eigenvalue weighted by Gasteiger charge is 2.14. The summed E-state index contributed by atoms with van der Waals surface area (Å²) in [7, 11) is 0. The monoisotopic (exact) mass is 386 g/mol. The molecule has 0 fully saturated rings. The van der Waals surface area contributed by atoms with E-state index in [0.29, 0.717) is 11.3 Å². The SMILES string of the molecule is CC(=O)Oc1cccc(C(=O)NCCNC(=O)C(C)Oc2ccc(O)cc2)c1. The number of ether oxygens (including phenoxy) is 2. The molecule has 28 heavy (non-hydrogen) atoms. The number of hydrogen-bond donors (Lipinski definition) is 3. The summed E-state index contributed by atoms with van der Waals surface area (Å²) in [4.78, 5) is 35.1. The standard InChI is InChI=1S/C20H22N2O6/c1-13(27-17-8-6-16(24)7-9-17)19(25)21-10-11-22-20(26)15-4-3-5-18(12-15)28-14(2)23/h3-9,12-13,24H,10-11H2,1-2H3,(H,21,25)(H,22,26). The number of carbonyl (C=O) groups is 3. The molecule has 0 aliphatic carbocycles. The number of phenolic OH excluding ortho intramolecular Hbond substituents is 1. The number of hydrogen-bond acceptors (Lipinski definition) is 6. The van der Waals surface area contributed by atoms with Crippen molar-refractivity contribution in [3.63, 3.8) is 0 Å². The largest absolute Gasteiger partial charge is 0.508 e. The van der Waals surface area contributed by atoms with Gasteiger partial charge in [-0.05, 0) is 49.4 Å². The Kier molecular flexibility index (Phi) is 7.38. The zero-order valence-electron chi connectivity index (χ0n) is 15.6. The van der Waals surface area contributed by atoms with Crippen molar-refractivity contribution in [1.82, 2.24) is 10.6 Å². The van der Waals surface area contributed by atoms with Gasteiger partial charge in [-0.3, -0.25) is 14.4 Å². The first-order chi connectivity index (χ1) is 13.3. The molecule has 1 unspecified atom stereocenters. The minimum absolute atomic E-state index is 0.110. The zero-order valence-corrected chi connectivity index (χ0v) is 15.6. The lowest BCUT2D eigenvalue weighted by molar-refractivity contribution is -0.132. The lowest BCUT2D eigenvalue weighted by atomic mass is 10.2. The van der Waals surface area contributed by atoms with E-state index in [1.54, 1.807) is 37.3 Å². The molecule has 0 aliphatic heterocycles. The summed E-state index contributed by atoms with van der Waals surface area (Å²) in [6.07, 6.45) is -0.736. The predicted octanol–water partition coefficient (Wildman–Crippen LogP) is 1.63. The number of nitrogens with one attached hydrogen (secondary N) is 2. The molecule has 2 aromatic carbocycles. The molecule has 0 saturated heterocycles. The van der Waals surface area contributed by atoms with Crippen molar-refractivity contribution in [2.45, 2.75) is 20.0 Å². The maximum absolute atomic E-state index is 12.1. The second-order valence-electron chi connectivity index (χ2n) is 5.92. The smallest absolute Gasteiger partial charge is 0.308 e. The van der Waals surface area contributed by atoms with E-state index in [4.69, 9.17) is 9.47 Å². The van der Waals surface area contributed by atoms with Crippen LogP contribution in [0, 0.1) is 0 Å². The number of aromatic hydroxyl groups is 1. The van der Waals surface area contributed by atoms with Crippen LogP contribution in [0.1, 0.15) is 24.2 Å². The van der Waals surface area contributed by atoms with Gasteiger partial charge in [0, 0.05) is 25.6 Å². The van der Waals surface area contributed by atoms with Crippen molar-refractivity contribution < 1.29 is 29.0 Å². The van der Waals surface area contributed by atoms with Crippen molar-refractivity contribution in [2.75, 3.05) is 13.1 Å². The van der Waals surface area contributed by atoms with Gasteiger partial charge in [-0.15, -0.1) is 0 Å². The van der Waals surface area contributed by atoms with Crippen molar-refractivity contribution in [3.05, 3.63) is 54.1 Å². The molecule has 0 radical (unpaired) electrons. The predicted molar refractivity (Wildman–Crippen MR) is 101 cm³/mol. The molecule has 0 saturated carbocycles. The summed E-state index contributed by atoms with van der Waals surface area (Å²) in [5, 5.41) is 14.6. The van der Waals surface area contributed by atoms with Crippen LogP contribution in [0.4, 0.5) is 0 Å². The fraction of sp³-hybridized carbons (Fsp3) is 0.250. The van der Waals surface area contributed by atoms with Gasteiger partial charge in [0.2, 0.25) is 0 Å². The summed E-state index contributed by atoms with van der Waals surface area (Å²) in [5.41, 5.74) is 0.342. The average molecular weight is 386 g/mol. The summed E-state index contributed by atoms with van der Waals surface area (Å²) >= 11 is 0. The minimum atomic E-state index is -0.736. The van der Waals surface area contributed by atoms with Crippen molar-refractivity contribution in [3.8, 4) is 17.2 Å². The van der Waals surface area contributed by atoms with Gasteiger partial charge >= 0.3 is 5.97 Å². The Balaban J connectivity index is 1.74. The average Bonchev–Trinajstić information content (AvgIpc) is 2.66. The molecule has 2 rings (SSSR count). The van der Waals surface area contributed by atoms with Crippen molar-refractivity contribution >= 4 is 17.8 Å². The highest BCUT2D eigenvalue weighted by molar-refractivity contribution is 5.94. The van der Waals surface area contributed by atoms with E-state index < -0.39 is 12.1 Å². The molecular weight excluding hydrogens is 364 g/mol. The van der Waals surface area contributed by atoms with E-state index in [1.165, 1.54) is 25.1 Å². The lowest BCUT2D eigenvalue weighted by Gasteiger charge is -2.15. The lowest BCUT2D eigenvalue weighted by Crippen LogP contribution is -2.40. The molecule has 2 amide bonds. The molecule has 1 atom stereocenters. The van der Waals surface area contributed by atoms with Crippen LogP contribution in [-0.2, 0) is 9.59 Å². The van der Waals surface area contributed by atoms with Crippen molar-refractivity contribution in [2.24, 2.45) is 0 Å². The van der Waals surface area contributed by atoms with E-state index in [0.717, 1.165) is 0 Å². The Hall–Kier alpha value is -3.55. The Morgan fingerprint density at radius 2 is 1.68 bits per heavy atom. The molecule has 0 spiro atoms. The molecule has 8 heteroatoms. The molecule has 0 heterocycles. The summed E-state index contributed by atoms with van der Waals surface area (Å²) in [6, 6.07) is 12.3. The van der Waals surface area contributed by atoms with Crippen LogP contribution < -0.4 is 20.1 Å². The number of phenols is 1. The molecule has 2 aromatic rings. The molecule has 3 N–H and O–H groups in total. The maximum Gasteiger partial charge on any atom is 0.308 e. The summed E-state index contributed by atoms with van der Waals surface area (Å²) in [6.45, 7) is 3.31. The van der Waals surface area contributed by atoms with Gasteiger partial charge in [0.1, 0.15) is 17.2 Å². The molecule has 0 bridgehead atoms. The Bertz CT molecular complexity index is 835. The first-order valence-electron chi connectivity index (χ1n) is 8.65. The third kappa shape index (κ3) is 6.64. The third-order valence-electron chi connectivity index (χ3n) is 3.59. The Morgan fingerprint density at radius 1 is 1.00 bits per heavy atom. The van der Waals surface area contributed by atoms with Crippen LogP contribution in [0.2, 0.25) is 0 Å². The molecule has 148 valence electrons. The Labute approximate surface area is 162 Å². The van der Waals surface area contributed by atoms with Gasteiger partial charge in [-0.25, -0.2) is 0 Å². The van der Waals surface area contributed by atoms with Crippen LogP contribution in [0.15, 0.2) is 48.5 Å². The van der Waals surface area contributed by atoms with E-state index in [1.807, 2.05) is 0 Å². The highest BCUT2D eigenvalue weighted by atomic mass is 16.5. The first-order valence-corrected chi connectivity index (χ1v) is 8.65. The number of esters is 1. The molecule has 8 nitrogen and oxygen atoms in total. The quantitative estimate of drug-likeness (QED) is 0.361. The van der Waals surface area contributed by atoms with Gasteiger partial charge in [-0.1, -0.05) is 6.07 Å². The van der Waals surface area contributed by atoms with E-state index in [2.05, 4.69) is 10.6 Å². The van der Waals surface area contributed by atoms with Gasteiger partial charge in [0.15, 0.2) is 6.10 Å². The van der Waals surface area contributed by atoms with Gasteiger partial charge in [0.05, 0.1) is 0 Å². The van der Waals surface area contributed by atoms with Gasteiger partial charge < -0.3 is 25.2 Å². The van der Waals surface area contributed by atoms with Crippen LogP contribution in [0.5, 0.6) is 17.2 Å². The van der Waals surface area contributed by atoms with Crippen LogP contribution in [-0.4, -0.2) is 42.1 Å². The fourth-order valence-corrected chi connectivity index (χ4v) is 2.26. The molecular formula is C20H22N2O6. The normalized spacial score (nSPS) is 11.2. The van der Waals surface area contributed by atoms with Crippen LogP contribution in [0.25, 0.3) is 0 Å². The molecule has 0 aliphatic rings. The molecule has 0 aromatic heterocycles. The van der Waals surface area contributed by atoms with Crippen molar-refractivity contribution in [1.29, 1.82) is 0 Å². The van der Waals surface area contributed by atoms with Crippen LogP contribution in [0.3, 0.4) is 0 Å². The van der Waals surface area contributed by atoms with Gasteiger partial charge in [-0.2, -0.15) is 0 Å². The van der Waals surface area contributed by atoms with Crippen LogP contribution >= 0.6 is 0 Å².